The third-order valence-corrected chi connectivity index (χ3v) is 3.97. The number of cyclic esters (lactones) is 1. The summed E-state index contributed by atoms with van der Waals surface area (Å²) in [5.74, 6) is 0.572. The van der Waals surface area contributed by atoms with Crippen molar-refractivity contribution in [1.82, 2.24) is 0 Å². The number of carbonyl (C=O) groups excluding carboxylic acids is 1. The van der Waals surface area contributed by atoms with Crippen LogP contribution in [-0.4, -0.2) is 17.9 Å². The summed E-state index contributed by atoms with van der Waals surface area (Å²) in [6.45, 7) is 0.672. The molecule has 1 aliphatic heterocycles. The van der Waals surface area contributed by atoms with E-state index in [-0.39, 0.29) is 11.4 Å². The summed E-state index contributed by atoms with van der Waals surface area (Å²) < 4.78 is 5.20. The molecule has 2 aliphatic rings. The molecule has 0 aromatic heterocycles. The molecule has 2 fully saturated rings. The predicted molar refractivity (Wildman–Crippen MR) is 53.8 cm³/mol. The highest BCUT2D eigenvalue weighted by Gasteiger charge is 2.52. The maximum absolute atomic E-state index is 11.7. The topological polar surface area (TPSA) is 26.3 Å². The maximum Gasteiger partial charge on any atom is 0.312 e. The van der Waals surface area contributed by atoms with Crippen LogP contribution < -0.4 is 0 Å². The highest BCUT2D eigenvalue weighted by Crippen LogP contribution is 2.49. The fourth-order valence-corrected chi connectivity index (χ4v) is 3.45. The SMILES string of the molecule is O=C1OCC2CCCC[C@@]12CCBr. The lowest BCUT2D eigenvalue weighted by atomic mass is 9.66. The molecule has 1 heterocycles. The van der Waals surface area contributed by atoms with Gasteiger partial charge in [0.15, 0.2) is 0 Å². The third-order valence-electron chi connectivity index (χ3n) is 3.57. The predicted octanol–water partition coefficient (Wildman–Crippen LogP) is 2.50. The summed E-state index contributed by atoms with van der Waals surface area (Å²) in [5.41, 5.74) is -0.109. The Balaban J connectivity index is 2.20. The van der Waals surface area contributed by atoms with Gasteiger partial charge in [0.1, 0.15) is 0 Å². The summed E-state index contributed by atoms with van der Waals surface area (Å²) in [6, 6.07) is 0. The molecular formula is C10H15BrO2. The van der Waals surface area contributed by atoms with Gasteiger partial charge in [-0.05, 0) is 19.3 Å². The van der Waals surface area contributed by atoms with Crippen molar-refractivity contribution in [2.45, 2.75) is 32.1 Å². The van der Waals surface area contributed by atoms with E-state index in [1.54, 1.807) is 0 Å². The van der Waals surface area contributed by atoms with Crippen molar-refractivity contribution >= 4 is 21.9 Å². The molecule has 0 radical (unpaired) electrons. The van der Waals surface area contributed by atoms with Gasteiger partial charge in [0.05, 0.1) is 12.0 Å². The van der Waals surface area contributed by atoms with Gasteiger partial charge >= 0.3 is 5.97 Å². The van der Waals surface area contributed by atoms with Crippen LogP contribution in [0.5, 0.6) is 0 Å². The average Bonchev–Trinajstić information content (AvgIpc) is 2.46. The minimum Gasteiger partial charge on any atom is -0.465 e. The summed E-state index contributed by atoms with van der Waals surface area (Å²) in [7, 11) is 0. The lowest BCUT2D eigenvalue weighted by molar-refractivity contribution is -0.147. The van der Waals surface area contributed by atoms with Crippen LogP contribution in [0.3, 0.4) is 0 Å². The first-order valence-corrected chi connectivity index (χ1v) is 6.15. The molecule has 0 spiro atoms. The first-order chi connectivity index (χ1) is 6.29. The van der Waals surface area contributed by atoms with E-state index in [2.05, 4.69) is 15.9 Å². The summed E-state index contributed by atoms with van der Waals surface area (Å²) in [4.78, 5) is 11.7. The fraction of sp³-hybridized carbons (Fsp3) is 0.900. The van der Waals surface area contributed by atoms with E-state index < -0.39 is 0 Å². The van der Waals surface area contributed by atoms with E-state index in [4.69, 9.17) is 4.74 Å². The number of rotatable bonds is 2. The van der Waals surface area contributed by atoms with Gasteiger partial charge in [-0.2, -0.15) is 0 Å². The van der Waals surface area contributed by atoms with E-state index in [0.29, 0.717) is 12.5 Å². The second-order valence-corrected chi connectivity index (χ2v) is 4.93. The largest absolute Gasteiger partial charge is 0.465 e. The molecule has 3 heteroatoms. The number of fused-ring (bicyclic) bond motifs is 1. The number of hydrogen-bond acceptors (Lipinski definition) is 2. The second-order valence-electron chi connectivity index (χ2n) is 4.14. The Hall–Kier alpha value is -0.0500. The van der Waals surface area contributed by atoms with Gasteiger partial charge in [-0.15, -0.1) is 0 Å². The van der Waals surface area contributed by atoms with Crippen molar-refractivity contribution in [2.75, 3.05) is 11.9 Å². The van der Waals surface area contributed by atoms with Gasteiger partial charge in [-0.3, -0.25) is 4.79 Å². The molecule has 1 aliphatic carbocycles. The van der Waals surface area contributed by atoms with Crippen LogP contribution in [-0.2, 0) is 9.53 Å². The molecule has 0 aromatic rings. The lowest BCUT2D eigenvalue weighted by Gasteiger charge is -2.34. The molecule has 0 amide bonds. The first kappa shape index (κ1) is 9.50. The molecular weight excluding hydrogens is 232 g/mol. The van der Waals surface area contributed by atoms with Crippen molar-refractivity contribution in [3.8, 4) is 0 Å². The van der Waals surface area contributed by atoms with E-state index in [9.17, 15) is 4.79 Å². The van der Waals surface area contributed by atoms with Gasteiger partial charge < -0.3 is 4.74 Å². The Morgan fingerprint density at radius 1 is 1.54 bits per heavy atom. The molecule has 1 unspecified atom stereocenters. The van der Waals surface area contributed by atoms with Crippen LogP contribution in [0, 0.1) is 11.3 Å². The van der Waals surface area contributed by atoms with Gasteiger partial charge in [-0.25, -0.2) is 0 Å². The Bertz CT molecular complexity index is 213. The zero-order valence-corrected chi connectivity index (χ0v) is 9.31. The number of carbonyl (C=O) groups is 1. The zero-order chi connectivity index (χ0) is 9.31. The fourth-order valence-electron chi connectivity index (χ4n) is 2.74. The van der Waals surface area contributed by atoms with Crippen molar-refractivity contribution in [1.29, 1.82) is 0 Å². The molecule has 2 rings (SSSR count). The maximum atomic E-state index is 11.7. The monoisotopic (exact) mass is 246 g/mol. The van der Waals surface area contributed by atoms with Crippen LogP contribution >= 0.6 is 15.9 Å². The quantitative estimate of drug-likeness (QED) is 0.553. The van der Waals surface area contributed by atoms with Crippen molar-refractivity contribution in [2.24, 2.45) is 11.3 Å². The van der Waals surface area contributed by atoms with Crippen LogP contribution in [0.15, 0.2) is 0 Å². The molecule has 0 N–H and O–H groups in total. The van der Waals surface area contributed by atoms with Crippen molar-refractivity contribution in [3.05, 3.63) is 0 Å². The lowest BCUT2D eigenvalue weighted by Crippen LogP contribution is -2.36. The van der Waals surface area contributed by atoms with Gasteiger partial charge in [0, 0.05) is 11.2 Å². The number of esters is 1. The van der Waals surface area contributed by atoms with Crippen molar-refractivity contribution < 1.29 is 9.53 Å². The Kier molecular flexibility index (Phi) is 2.63. The summed E-state index contributed by atoms with van der Waals surface area (Å²) in [6.07, 6.45) is 5.64. The average molecular weight is 247 g/mol. The van der Waals surface area contributed by atoms with Gasteiger partial charge in [0.2, 0.25) is 0 Å². The van der Waals surface area contributed by atoms with Crippen LogP contribution in [0.1, 0.15) is 32.1 Å². The first-order valence-electron chi connectivity index (χ1n) is 5.03. The summed E-state index contributed by atoms with van der Waals surface area (Å²) in [5, 5.41) is 0.915. The summed E-state index contributed by atoms with van der Waals surface area (Å²) >= 11 is 3.44. The molecule has 74 valence electrons. The highest BCUT2D eigenvalue weighted by atomic mass is 79.9. The highest BCUT2D eigenvalue weighted by molar-refractivity contribution is 9.09. The third kappa shape index (κ3) is 1.41. The molecule has 0 aromatic carbocycles. The smallest absolute Gasteiger partial charge is 0.312 e. The standard InChI is InChI=1S/C10H15BrO2/c11-6-5-10-4-2-1-3-8(10)7-13-9(10)12/h8H,1-7H2/t8?,10-/m0/s1. The van der Waals surface area contributed by atoms with E-state index in [1.807, 2.05) is 0 Å². The van der Waals surface area contributed by atoms with E-state index in [0.717, 1.165) is 18.2 Å². The number of ether oxygens (including phenoxy) is 1. The Labute approximate surface area is 87.2 Å². The molecule has 2 atom stereocenters. The minimum absolute atomic E-state index is 0.0663. The van der Waals surface area contributed by atoms with E-state index in [1.165, 1.54) is 19.3 Å². The van der Waals surface area contributed by atoms with Crippen LogP contribution in [0.4, 0.5) is 0 Å². The molecule has 1 saturated heterocycles. The van der Waals surface area contributed by atoms with Gasteiger partial charge in [-0.1, -0.05) is 28.8 Å². The number of halogens is 1. The number of alkyl halides is 1. The second kappa shape index (κ2) is 3.60. The van der Waals surface area contributed by atoms with Crippen molar-refractivity contribution in [3.63, 3.8) is 0 Å². The molecule has 13 heavy (non-hydrogen) atoms. The molecule has 0 bridgehead atoms. The van der Waals surface area contributed by atoms with E-state index >= 15 is 0 Å². The number of hydrogen-bond donors (Lipinski definition) is 0. The van der Waals surface area contributed by atoms with Gasteiger partial charge in [0.25, 0.3) is 0 Å². The Morgan fingerprint density at radius 3 is 3.15 bits per heavy atom. The molecule has 1 saturated carbocycles. The minimum atomic E-state index is -0.109. The van der Waals surface area contributed by atoms with Crippen LogP contribution in [0.2, 0.25) is 0 Å². The zero-order valence-electron chi connectivity index (χ0n) is 7.72. The normalized spacial score (nSPS) is 38.5. The Morgan fingerprint density at radius 2 is 2.38 bits per heavy atom. The van der Waals surface area contributed by atoms with Crippen LogP contribution in [0.25, 0.3) is 0 Å². The molecule has 2 nitrogen and oxygen atoms in total.